The average Bonchev–Trinajstić information content (AvgIpc) is 3.29. The van der Waals surface area contributed by atoms with Crippen LogP contribution in [0.15, 0.2) is 53.1 Å². The standard InChI is InChI=1S/C21H17Cl2N3O5/c22-12-3-4-14(16(8-12)26-21(28)17-2-1-5-29-17)24-11-20(27)25-15-10-19-18(9-13(15)23)30-6-7-31-19/h1-5,8-10,24H,6-7,11H2,(H,25,27)(H,26,28). The second kappa shape index (κ2) is 9.20. The molecule has 1 aliphatic rings. The van der Waals surface area contributed by atoms with Gasteiger partial charge in [0, 0.05) is 17.2 Å². The number of amides is 2. The van der Waals surface area contributed by atoms with Gasteiger partial charge in [0.05, 0.1) is 34.9 Å². The van der Waals surface area contributed by atoms with Crippen LogP contribution in [0.25, 0.3) is 0 Å². The molecule has 10 heteroatoms. The Morgan fingerprint density at radius 1 is 0.903 bits per heavy atom. The molecule has 31 heavy (non-hydrogen) atoms. The lowest BCUT2D eigenvalue weighted by Crippen LogP contribution is -2.23. The summed E-state index contributed by atoms with van der Waals surface area (Å²) < 4.78 is 16.1. The van der Waals surface area contributed by atoms with E-state index < -0.39 is 5.91 Å². The summed E-state index contributed by atoms with van der Waals surface area (Å²) in [7, 11) is 0. The molecule has 0 spiro atoms. The SMILES string of the molecule is O=C(CNc1ccc(Cl)cc1NC(=O)c1ccco1)Nc1cc2c(cc1Cl)OCCO2. The van der Waals surface area contributed by atoms with Gasteiger partial charge in [-0.05, 0) is 30.3 Å². The molecule has 2 aromatic carbocycles. The molecule has 0 atom stereocenters. The molecular weight excluding hydrogens is 445 g/mol. The molecule has 0 aliphatic carbocycles. The van der Waals surface area contributed by atoms with Crippen LogP contribution in [0.2, 0.25) is 10.0 Å². The monoisotopic (exact) mass is 461 g/mol. The molecule has 0 saturated carbocycles. The normalized spacial score (nSPS) is 12.2. The average molecular weight is 462 g/mol. The van der Waals surface area contributed by atoms with Crippen molar-refractivity contribution < 1.29 is 23.5 Å². The lowest BCUT2D eigenvalue weighted by Gasteiger charge is -2.20. The van der Waals surface area contributed by atoms with Crippen LogP contribution in [0.3, 0.4) is 0 Å². The molecule has 160 valence electrons. The molecule has 1 aliphatic heterocycles. The van der Waals surface area contributed by atoms with Gasteiger partial charge in [0.2, 0.25) is 5.91 Å². The fraction of sp³-hybridized carbons (Fsp3) is 0.143. The third-order valence-corrected chi connectivity index (χ3v) is 4.87. The largest absolute Gasteiger partial charge is 0.486 e. The highest BCUT2D eigenvalue weighted by molar-refractivity contribution is 6.34. The summed E-state index contributed by atoms with van der Waals surface area (Å²) in [6.07, 6.45) is 1.40. The number of nitrogens with one attached hydrogen (secondary N) is 3. The van der Waals surface area contributed by atoms with Crippen molar-refractivity contribution in [1.82, 2.24) is 0 Å². The van der Waals surface area contributed by atoms with Gasteiger partial charge < -0.3 is 29.8 Å². The number of carbonyl (C=O) groups excluding carboxylic acids is 2. The van der Waals surface area contributed by atoms with E-state index in [1.165, 1.54) is 12.3 Å². The minimum Gasteiger partial charge on any atom is -0.486 e. The Morgan fingerprint density at radius 2 is 1.68 bits per heavy atom. The number of carbonyl (C=O) groups is 2. The number of anilines is 3. The summed E-state index contributed by atoms with van der Waals surface area (Å²) in [6, 6.07) is 11.2. The van der Waals surface area contributed by atoms with E-state index in [4.69, 9.17) is 37.1 Å². The second-order valence-corrected chi connectivity index (χ2v) is 7.34. The number of hydrogen-bond acceptors (Lipinski definition) is 6. The topological polar surface area (TPSA) is 102 Å². The number of hydrogen-bond donors (Lipinski definition) is 3. The van der Waals surface area contributed by atoms with Crippen LogP contribution < -0.4 is 25.4 Å². The van der Waals surface area contributed by atoms with Crippen LogP contribution in [-0.4, -0.2) is 31.6 Å². The van der Waals surface area contributed by atoms with Crippen molar-refractivity contribution in [3.05, 3.63) is 64.5 Å². The van der Waals surface area contributed by atoms with Crippen LogP contribution in [0.1, 0.15) is 10.6 Å². The quantitative estimate of drug-likeness (QED) is 0.493. The van der Waals surface area contributed by atoms with Crippen LogP contribution in [-0.2, 0) is 4.79 Å². The molecule has 3 aromatic rings. The fourth-order valence-corrected chi connectivity index (χ4v) is 3.27. The van der Waals surface area contributed by atoms with Gasteiger partial charge in [0.15, 0.2) is 17.3 Å². The van der Waals surface area contributed by atoms with Gasteiger partial charge in [0.25, 0.3) is 5.91 Å². The van der Waals surface area contributed by atoms with E-state index in [1.54, 1.807) is 36.4 Å². The maximum absolute atomic E-state index is 12.5. The van der Waals surface area contributed by atoms with Crippen LogP contribution in [0.5, 0.6) is 11.5 Å². The smallest absolute Gasteiger partial charge is 0.291 e. The molecule has 0 fully saturated rings. The third-order valence-electron chi connectivity index (χ3n) is 4.32. The minimum absolute atomic E-state index is 0.0873. The minimum atomic E-state index is -0.442. The first kappa shape index (κ1) is 20.9. The van der Waals surface area contributed by atoms with Gasteiger partial charge in [-0.15, -0.1) is 0 Å². The summed E-state index contributed by atoms with van der Waals surface area (Å²) in [5, 5.41) is 9.17. The van der Waals surface area contributed by atoms with Crippen LogP contribution in [0.4, 0.5) is 17.1 Å². The highest BCUT2D eigenvalue weighted by Gasteiger charge is 2.17. The molecule has 2 amide bonds. The predicted molar refractivity (Wildman–Crippen MR) is 118 cm³/mol. The summed E-state index contributed by atoms with van der Waals surface area (Å²) >= 11 is 12.3. The first-order valence-electron chi connectivity index (χ1n) is 9.27. The van der Waals surface area contributed by atoms with E-state index in [0.29, 0.717) is 51.8 Å². The molecule has 4 rings (SSSR count). The van der Waals surface area contributed by atoms with Crippen molar-refractivity contribution in [2.24, 2.45) is 0 Å². The maximum atomic E-state index is 12.5. The molecule has 2 heterocycles. The predicted octanol–water partition coefficient (Wildman–Crippen LogP) is 4.66. The zero-order chi connectivity index (χ0) is 21.8. The van der Waals surface area contributed by atoms with Gasteiger partial charge in [-0.2, -0.15) is 0 Å². The number of furan rings is 1. The Labute approximate surface area is 187 Å². The number of ether oxygens (including phenoxy) is 2. The molecular formula is C21H17Cl2N3O5. The first-order valence-corrected chi connectivity index (χ1v) is 10.0. The van der Waals surface area contributed by atoms with E-state index in [1.807, 2.05) is 0 Å². The van der Waals surface area contributed by atoms with E-state index in [-0.39, 0.29) is 18.2 Å². The van der Waals surface area contributed by atoms with Crippen molar-refractivity contribution in [3.8, 4) is 11.5 Å². The summed E-state index contributed by atoms with van der Waals surface area (Å²) in [4.78, 5) is 24.7. The fourth-order valence-electron chi connectivity index (χ4n) is 2.90. The second-order valence-electron chi connectivity index (χ2n) is 6.50. The number of rotatable bonds is 6. The molecule has 0 radical (unpaired) electrons. The van der Waals surface area contributed by atoms with E-state index in [9.17, 15) is 9.59 Å². The van der Waals surface area contributed by atoms with E-state index in [0.717, 1.165) is 0 Å². The lowest BCUT2D eigenvalue weighted by molar-refractivity contribution is -0.114. The van der Waals surface area contributed by atoms with Crippen molar-refractivity contribution >= 4 is 52.1 Å². The summed E-state index contributed by atoms with van der Waals surface area (Å²) in [6.45, 7) is 0.779. The van der Waals surface area contributed by atoms with Gasteiger partial charge in [-0.25, -0.2) is 0 Å². The third kappa shape index (κ3) is 5.04. The molecule has 0 unspecified atom stereocenters. The van der Waals surface area contributed by atoms with Crippen molar-refractivity contribution in [2.45, 2.75) is 0 Å². The van der Waals surface area contributed by atoms with E-state index >= 15 is 0 Å². The van der Waals surface area contributed by atoms with Crippen molar-refractivity contribution in [3.63, 3.8) is 0 Å². The van der Waals surface area contributed by atoms with Crippen molar-refractivity contribution in [2.75, 3.05) is 35.7 Å². The summed E-state index contributed by atoms with van der Waals surface area (Å²) in [5.41, 5.74) is 1.31. The Balaban J connectivity index is 1.42. The van der Waals surface area contributed by atoms with Gasteiger partial charge in [0.1, 0.15) is 13.2 Å². The van der Waals surface area contributed by atoms with Crippen LogP contribution >= 0.6 is 23.2 Å². The first-order chi connectivity index (χ1) is 15.0. The molecule has 3 N–H and O–H groups in total. The van der Waals surface area contributed by atoms with E-state index in [2.05, 4.69) is 16.0 Å². The van der Waals surface area contributed by atoms with Crippen molar-refractivity contribution in [1.29, 1.82) is 0 Å². The number of benzene rings is 2. The Bertz CT molecular complexity index is 1120. The Hall–Kier alpha value is -3.36. The Morgan fingerprint density at radius 3 is 2.42 bits per heavy atom. The highest BCUT2D eigenvalue weighted by Crippen LogP contribution is 2.38. The molecule has 0 bridgehead atoms. The number of fused-ring (bicyclic) bond motifs is 1. The maximum Gasteiger partial charge on any atom is 0.291 e. The highest BCUT2D eigenvalue weighted by atomic mass is 35.5. The number of halogens is 2. The Kier molecular flexibility index (Phi) is 6.20. The molecule has 0 saturated heterocycles. The molecule has 1 aromatic heterocycles. The van der Waals surface area contributed by atoms with Crippen LogP contribution in [0, 0.1) is 0 Å². The summed E-state index contributed by atoms with van der Waals surface area (Å²) in [5.74, 6) is 0.404. The zero-order valence-electron chi connectivity index (χ0n) is 16.0. The lowest BCUT2D eigenvalue weighted by atomic mass is 10.2. The molecule has 8 nitrogen and oxygen atoms in total. The van der Waals surface area contributed by atoms with Gasteiger partial charge in [-0.1, -0.05) is 23.2 Å². The van der Waals surface area contributed by atoms with Gasteiger partial charge in [-0.3, -0.25) is 9.59 Å². The van der Waals surface area contributed by atoms with Gasteiger partial charge >= 0.3 is 0 Å². The zero-order valence-corrected chi connectivity index (χ0v) is 17.5.